The Morgan fingerprint density at radius 1 is 0.793 bits per heavy atom. The van der Waals surface area contributed by atoms with Gasteiger partial charge in [-0.05, 0) is 35.0 Å². The van der Waals surface area contributed by atoms with Crippen LogP contribution in [0.5, 0.6) is 0 Å². The van der Waals surface area contributed by atoms with E-state index in [4.69, 9.17) is 0 Å². The Morgan fingerprint density at radius 2 is 1.41 bits per heavy atom. The Bertz CT molecular complexity index is 1040. The normalized spacial score (nSPS) is 11.3. The highest BCUT2D eigenvalue weighted by molar-refractivity contribution is 8.00. The van der Waals surface area contributed by atoms with Crippen LogP contribution < -0.4 is 10.6 Å². The summed E-state index contributed by atoms with van der Waals surface area (Å²) in [6.45, 7) is 0. The number of hydrogen-bond donors (Lipinski definition) is 2. The molecule has 0 aliphatic rings. The third kappa shape index (κ3) is 5.74. The monoisotopic (exact) mass is 418 g/mol. The molecule has 0 bridgehead atoms. The molecule has 29 heavy (non-hydrogen) atoms. The summed E-state index contributed by atoms with van der Waals surface area (Å²) >= 11 is 1.02. The highest BCUT2D eigenvalue weighted by Crippen LogP contribution is 2.34. The first-order valence-electron chi connectivity index (χ1n) is 8.65. The van der Waals surface area contributed by atoms with E-state index in [0.29, 0.717) is 5.69 Å². The van der Waals surface area contributed by atoms with Crippen molar-refractivity contribution in [3.8, 4) is 0 Å². The molecule has 0 radical (unpaired) electrons. The fourth-order valence-electron chi connectivity index (χ4n) is 2.73. The van der Waals surface area contributed by atoms with Crippen molar-refractivity contribution in [1.82, 2.24) is 0 Å². The van der Waals surface area contributed by atoms with Crippen LogP contribution >= 0.6 is 11.8 Å². The lowest BCUT2D eigenvalue weighted by molar-refractivity contribution is -0.137. The minimum atomic E-state index is -4.56. The van der Waals surface area contributed by atoms with Gasteiger partial charge in [0, 0.05) is 5.69 Å². The van der Waals surface area contributed by atoms with Crippen molar-refractivity contribution in [2.24, 2.45) is 0 Å². The number of para-hydroxylation sites is 1. The number of carbonyl (C=O) groups excluding carboxylic acids is 2. The van der Waals surface area contributed by atoms with Crippen LogP contribution in [0.15, 0.2) is 66.7 Å². The Labute approximate surface area is 169 Å². The second-order valence-corrected chi connectivity index (χ2v) is 7.18. The van der Waals surface area contributed by atoms with E-state index in [-0.39, 0.29) is 23.1 Å². The highest BCUT2D eigenvalue weighted by Gasteiger charge is 2.33. The van der Waals surface area contributed by atoms with Crippen LogP contribution in [0.1, 0.15) is 5.56 Å². The van der Waals surface area contributed by atoms with Crippen molar-refractivity contribution >= 4 is 45.7 Å². The van der Waals surface area contributed by atoms with Gasteiger partial charge < -0.3 is 10.6 Å². The smallest absolute Gasteiger partial charge is 0.325 e. The van der Waals surface area contributed by atoms with Crippen LogP contribution in [0.3, 0.4) is 0 Å². The summed E-state index contributed by atoms with van der Waals surface area (Å²) in [5.74, 6) is -1.04. The van der Waals surface area contributed by atoms with Gasteiger partial charge >= 0.3 is 6.18 Å². The Balaban J connectivity index is 1.49. The fraction of sp³-hybridized carbons (Fsp3) is 0.143. The van der Waals surface area contributed by atoms with Gasteiger partial charge in [0.05, 0.1) is 22.8 Å². The number of alkyl halides is 3. The van der Waals surface area contributed by atoms with Crippen molar-refractivity contribution in [3.63, 3.8) is 0 Å². The van der Waals surface area contributed by atoms with Crippen molar-refractivity contribution < 1.29 is 22.8 Å². The van der Waals surface area contributed by atoms with Gasteiger partial charge in [0.2, 0.25) is 11.8 Å². The molecule has 3 aromatic carbocycles. The van der Waals surface area contributed by atoms with Crippen LogP contribution in [-0.4, -0.2) is 23.3 Å². The summed E-state index contributed by atoms with van der Waals surface area (Å²) < 4.78 is 38.9. The molecule has 0 atom stereocenters. The molecule has 0 saturated carbocycles. The molecular formula is C21H17F3N2O2S. The molecule has 0 unspecified atom stereocenters. The number of rotatable bonds is 6. The van der Waals surface area contributed by atoms with Gasteiger partial charge in [-0.15, -0.1) is 11.8 Å². The number of fused-ring (bicyclic) bond motifs is 1. The van der Waals surface area contributed by atoms with Crippen LogP contribution in [-0.2, 0) is 15.8 Å². The summed E-state index contributed by atoms with van der Waals surface area (Å²) in [7, 11) is 0. The second-order valence-electron chi connectivity index (χ2n) is 6.19. The minimum absolute atomic E-state index is 0.00116. The van der Waals surface area contributed by atoms with Gasteiger partial charge in [-0.2, -0.15) is 13.2 Å². The Kier molecular flexibility index (Phi) is 6.43. The predicted molar refractivity (Wildman–Crippen MR) is 110 cm³/mol. The van der Waals surface area contributed by atoms with Crippen LogP contribution in [0.25, 0.3) is 10.8 Å². The van der Waals surface area contributed by atoms with E-state index in [0.717, 1.165) is 28.6 Å². The molecule has 0 fully saturated rings. The maximum Gasteiger partial charge on any atom is 0.418 e. The topological polar surface area (TPSA) is 58.2 Å². The van der Waals surface area contributed by atoms with E-state index in [1.54, 1.807) is 6.07 Å². The van der Waals surface area contributed by atoms with Crippen LogP contribution in [0, 0.1) is 0 Å². The van der Waals surface area contributed by atoms with E-state index in [1.807, 2.05) is 36.4 Å². The summed E-state index contributed by atoms with van der Waals surface area (Å²) in [5, 5.41) is 7.03. The zero-order chi connectivity index (χ0) is 20.9. The van der Waals surface area contributed by atoms with E-state index in [1.165, 1.54) is 18.2 Å². The van der Waals surface area contributed by atoms with Gasteiger partial charge in [-0.25, -0.2) is 0 Å². The molecule has 2 N–H and O–H groups in total. The Morgan fingerprint density at radius 3 is 2.14 bits per heavy atom. The number of carbonyl (C=O) groups is 2. The number of anilines is 2. The first-order valence-corrected chi connectivity index (χ1v) is 9.81. The molecule has 3 rings (SSSR count). The summed E-state index contributed by atoms with van der Waals surface area (Å²) in [4.78, 5) is 24.0. The van der Waals surface area contributed by atoms with Gasteiger partial charge in [-0.3, -0.25) is 9.59 Å². The maximum atomic E-state index is 13.0. The average Bonchev–Trinajstić information content (AvgIpc) is 2.67. The number of benzene rings is 3. The molecule has 2 amide bonds. The molecule has 0 saturated heterocycles. The van der Waals surface area contributed by atoms with Gasteiger partial charge in [0.15, 0.2) is 0 Å². The molecule has 8 heteroatoms. The van der Waals surface area contributed by atoms with Gasteiger partial charge in [0.1, 0.15) is 0 Å². The zero-order valence-electron chi connectivity index (χ0n) is 15.1. The van der Waals surface area contributed by atoms with Gasteiger partial charge in [0.25, 0.3) is 0 Å². The number of amides is 2. The van der Waals surface area contributed by atoms with Crippen LogP contribution in [0.2, 0.25) is 0 Å². The third-order valence-corrected chi connectivity index (χ3v) is 4.94. The molecule has 150 valence electrons. The molecule has 0 aromatic heterocycles. The lowest BCUT2D eigenvalue weighted by Crippen LogP contribution is -2.20. The molecule has 0 aliphatic carbocycles. The lowest BCUT2D eigenvalue weighted by atomic mass is 10.1. The summed E-state index contributed by atoms with van der Waals surface area (Å²) in [6, 6.07) is 18.0. The molecular weight excluding hydrogens is 401 g/mol. The average molecular weight is 418 g/mol. The second kappa shape index (κ2) is 9.00. The number of thioether (sulfide) groups is 1. The highest BCUT2D eigenvalue weighted by atomic mass is 32.2. The molecule has 0 aliphatic heterocycles. The standard InChI is InChI=1S/C21H17F3N2O2S/c22-21(23,24)17-7-3-4-8-18(17)26-20(28)13-29-12-19(27)25-16-10-9-14-5-1-2-6-15(14)11-16/h1-11H,12-13H2,(H,25,27)(H,26,28). The van der Waals surface area contributed by atoms with E-state index in [2.05, 4.69) is 10.6 Å². The summed E-state index contributed by atoms with van der Waals surface area (Å²) in [6.07, 6.45) is -4.56. The lowest BCUT2D eigenvalue weighted by Gasteiger charge is -2.13. The number of halogens is 3. The Hall–Kier alpha value is -3.00. The molecule has 0 heterocycles. The minimum Gasteiger partial charge on any atom is -0.325 e. The fourth-order valence-corrected chi connectivity index (χ4v) is 3.34. The van der Waals surface area contributed by atoms with Crippen molar-refractivity contribution in [2.75, 3.05) is 22.1 Å². The zero-order valence-corrected chi connectivity index (χ0v) is 15.9. The van der Waals surface area contributed by atoms with Crippen molar-refractivity contribution in [3.05, 3.63) is 72.3 Å². The maximum absolute atomic E-state index is 13.0. The summed E-state index contributed by atoms with van der Waals surface area (Å²) in [5.41, 5.74) is -0.573. The van der Waals surface area contributed by atoms with E-state index < -0.39 is 17.6 Å². The predicted octanol–water partition coefficient (Wildman–Crippen LogP) is 5.17. The first kappa shape index (κ1) is 20.7. The molecule has 0 spiro atoms. The number of hydrogen-bond acceptors (Lipinski definition) is 3. The quantitative estimate of drug-likeness (QED) is 0.581. The molecule has 3 aromatic rings. The third-order valence-electron chi connectivity index (χ3n) is 4.01. The SMILES string of the molecule is O=C(CSCC(=O)Nc1ccccc1C(F)(F)F)Nc1ccc2ccccc2c1. The van der Waals surface area contributed by atoms with E-state index in [9.17, 15) is 22.8 Å². The first-order chi connectivity index (χ1) is 13.8. The largest absolute Gasteiger partial charge is 0.418 e. The molecule has 4 nitrogen and oxygen atoms in total. The van der Waals surface area contributed by atoms with E-state index >= 15 is 0 Å². The van der Waals surface area contributed by atoms with Crippen molar-refractivity contribution in [1.29, 1.82) is 0 Å². The van der Waals surface area contributed by atoms with Crippen molar-refractivity contribution in [2.45, 2.75) is 6.18 Å². The van der Waals surface area contributed by atoms with Gasteiger partial charge in [-0.1, -0.05) is 42.5 Å². The van der Waals surface area contributed by atoms with Crippen LogP contribution in [0.4, 0.5) is 24.5 Å². The number of nitrogens with one attached hydrogen (secondary N) is 2.